The molecule has 0 atom stereocenters. The molecule has 1 amide bonds. The minimum absolute atomic E-state index is 0.0317. The number of anilines is 1. The average molecular weight is 340 g/mol. The number of hydrogen-bond acceptors (Lipinski definition) is 6. The van der Waals surface area contributed by atoms with Crippen molar-refractivity contribution in [2.75, 3.05) is 32.1 Å². The van der Waals surface area contributed by atoms with Gasteiger partial charge in [0.1, 0.15) is 11.4 Å². The zero-order valence-electron chi connectivity index (χ0n) is 14.4. The van der Waals surface area contributed by atoms with Gasteiger partial charge in [0.2, 0.25) is 11.8 Å². The van der Waals surface area contributed by atoms with E-state index in [0.717, 1.165) is 11.0 Å². The lowest BCUT2D eigenvalue weighted by Crippen LogP contribution is -2.33. The van der Waals surface area contributed by atoms with Crippen LogP contribution >= 0.6 is 0 Å². The van der Waals surface area contributed by atoms with Crippen molar-refractivity contribution in [2.45, 2.75) is 6.92 Å². The number of nitrogens with one attached hydrogen (secondary N) is 1. The van der Waals surface area contributed by atoms with E-state index in [1.807, 2.05) is 30.3 Å². The van der Waals surface area contributed by atoms with Gasteiger partial charge < -0.3 is 19.5 Å². The molecule has 8 heteroatoms. The monoisotopic (exact) mass is 340 g/mol. The summed E-state index contributed by atoms with van der Waals surface area (Å²) < 4.78 is 5.77. The molecule has 3 rings (SSSR count). The van der Waals surface area contributed by atoms with E-state index in [0.29, 0.717) is 30.5 Å². The number of amides is 1. The second-order valence-corrected chi connectivity index (χ2v) is 5.77. The highest BCUT2D eigenvalue weighted by Gasteiger charge is 2.09. The van der Waals surface area contributed by atoms with Crippen LogP contribution in [0.25, 0.3) is 11.0 Å². The molecule has 0 saturated heterocycles. The van der Waals surface area contributed by atoms with Crippen LogP contribution in [0.4, 0.5) is 5.82 Å². The molecule has 0 aliphatic heterocycles. The van der Waals surface area contributed by atoms with Crippen LogP contribution in [0.3, 0.4) is 0 Å². The van der Waals surface area contributed by atoms with Crippen LogP contribution in [-0.4, -0.2) is 57.9 Å². The number of hydrogen-bond donors (Lipinski definition) is 1. The predicted octanol–water partition coefficient (Wildman–Crippen LogP) is 2.06. The van der Waals surface area contributed by atoms with Gasteiger partial charge in [-0.2, -0.15) is 4.98 Å². The molecule has 0 unspecified atom stereocenters. The van der Waals surface area contributed by atoms with E-state index in [2.05, 4.69) is 19.9 Å². The first kappa shape index (κ1) is 16.7. The summed E-state index contributed by atoms with van der Waals surface area (Å²) in [7, 11) is 3.67. The maximum atomic E-state index is 11.3. The van der Waals surface area contributed by atoms with Crippen molar-refractivity contribution in [2.24, 2.45) is 0 Å². The molecule has 0 aromatic carbocycles. The number of fused-ring (bicyclic) bond motifs is 1. The molecule has 8 nitrogen and oxygen atoms in total. The fraction of sp³-hybridized carbons (Fsp3) is 0.294. The van der Waals surface area contributed by atoms with Crippen LogP contribution in [0.5, 0.6) is 11.6 Å². The molecule has 3 heterocycles. The number of carbonyl (C=O) groups is 1. The van der Waals surface area contributed by atoms with Gasteiger partial charge in [-0.3, -0.25) is 9.78 Å². The first-order valence-electron chi connectivity index (χ1n) is 7.89. The van der Waals surface area contributed by atoms with Crippen LogP contribution in [-0.2, 0) is 4.79 Å². The molecule has 0 spiro atoms. The van der Waals surface area contributed by atoms with E-state index < -0.39 is 0 Å². The van der Waals surface area contributed by atoms with Crippen LogP contribution < -0.4 is 9.64 Å². The minimum Gasteiger partial charge on any atom is -0.436 e. The summed E-state index contributed by atoms with van der Waals surface area (Å²) in [5.41, 5.74) is 0.807. The topological polar surface area (TPSA) is 87.2 Å². The summed E-state index contributed by atoms with van der Waals surface area (Å²) in [4.78, 5) is 30.8. The lowest BCUT2D eigenvalue weighted by atomic mass is 10.3. The van der Waals surface area contributed by atoms with Crippen molar-refractivity contribution in [1.29, 1.82) is 0 Å². The summed E-state index contributed by atoms with van der Waals surface area (Å²) in [5.74, 6) is 1.69. The molecule has 0 fully saturated rings. The number of H-pyrrole nitrogens is 1. The molecule has 25 heavy (non-hydrogen) atoms. The Morgan fingerprint density at radius 3 is 2.88 bits per heavy atom. The molecule has 0 saturated carbocycles. The maximum absolute atomic E-state index is 11.3. The van der Waals surface area contributed by atoms with Gasteiger partial charge >= 0.3 is 0 Å². The van der Waals surface area contributed by atoms with Crippen LogP contribution in [0.1, 0.15) is 6.92 Å². The first-order valence-corrected chi connectivity index (χ1v) is 7.89. The van der Waals surface area contributed by atoms with Gasteiger partial charge in [-0.1, -0.05) is 0 Å². The number of nitrogens with zero attached hydrogens (tertiary/aromatic N) is 5. The number of aromatic nitrogens is 4. The second-order valence-electron chi connectivity index (χ2n) is 5.77. The number of ether oxygens (including phenoxy) is 1. The van der Waals surface area contributed by atoms with Gasteiger partial charge in [-0.05, 0) is 12.1 Å². The number of rotatable bonds is 6. The smallest absolute Gasteiger partial charge is 0.239 e. The fourth-order valence-electron chi connectivity index (χ4n) is 2.24. The van der Waals surface area contributed by atoms with Crippen molar-refractivity contribution >= 4 is 22.8 Å². The zero-order chi connectivity index (χ0) is 17.8. The number of likely N-dealkylation sites (N-methyl/N-ethyl adjacent to an activating group) is 2. The van der Waals surface area contributed by atoms with E-state index >= 15 is 0 Å². The van der Waals surface area contributed by atoms with Crippen molar-refractivity contribution in [1.82, 2.24) is 24.8 Å². The summed E-state index contributed by atoms with van der Waals surface area (Å²) in [6.07, 6.45) is 6.68. The standard InChI is InChI=1S/C17H20N6O2/c1-12(24)22(2)6-7-23(3)15-10-18-11-16(21-15)25-14-8-13-4-5-19-17(13)20-9-14/h4-5,8-11H,6-7H2,1-3H3,(H,19,20). The Morgan fingerprint density at radius 2 is 2.08 bits per heavy atom. The van der Waals surface area contributed by atoms with E-state index in [4.69, 9.17) is 4.74 Å². The lowest BCUT2D eigenvalue weighted by Gasteiger charge is -2.22. The summed E-state index contributed by atoms with van der Waals surface area (Å²) in [6.45, 7) is 2.79. The Bertz CT molecular complexity index is 878. The largest absolute Gasteiger partial charge is 0.436 e. The Hall–Kier alpha value is -3.16. The van der Waals surface area contributed by atoms with Crippen molar-refractivity contribution < 1.29 is 9.53 Å². The van der Waals surface area contributed by atoms with Crippen molar-refractivity contribution in [3.8, 4) is 11.6 Å². The molecule has 3 aromatic heterocycles. The molecule has 0 bridgehead atoms. The van der Waals surface area contributed by atoms with E-state index in [1.165, 1.54) is 0 Å². The van der Waals surface area contributed by atoms with Gasteiger partial charge in [0.25, 0.3) is 0 Å². The Labute approximate surface area is 145 Å². The summed E-state index contributed by atoms with van der Waals surface area (Å²) in [6, 6.07) is 3.81. The predicted molar refractivity (Wildman–Crippen MR) is 94.8 cm³/mol. The molecule has 130 valence electrons. The molecular formula is C17H20N6O2. The summed E-state index contributed by atoms with van der Waals surface area (Å²) in [5, 5.41) is 0.964. The zero-order valence-corrected chi connectivity index (χ0v) is 14.4. The van der Waals surface area contributed by atoms with E-state index in [9.17, 15) is 4.79 Å². The fourth-order valence-corrected chi connectivity index (χ4v) is 2.24. The molecule has 1 N–H and O–H groups in total. The van der Waals surface area contributed by atoms with E-state index in [1.54, 1.807) is 37.5 Å². The highest BCUT2D eigenvalue weighted by molar-refractivity contribution is 5.76. The highest BCUT2D eigenvalue weighted by atomic mass is 16.5. The normalized spacial score (nSPS) is 10.7. The van der Waals surface area contributed by atoms with Gasteiger partial charge in [0.15, 0.2) is 5.82 Å². The Balaban J connectivity index is 1.69. The molecule has 0 radical (unpaired) electrons. The molecular weight excluding hydrogens is 320 g/mol. The minimum atomic E-state index is 0.0317. The van der Waals surface area contributed by atoms with Crippen molar-refractivity contribution in [3.63, 3.8) is 0 Å². The molecule has 0 aliphatic carbocycles. The Morgan fingerprint density at radius 1 is 1.24 bits per heavy atom. The van der Waals surface area contributed by atoms with Gasteiger partial charge in [-0.15, -0.1) is 0 Å². The molecule has 0 aliphatic rings. The van der Waals surface area contributed by atoms with Crippen LogP contribution in [0, 0.1) is 0 Å². The SMILES string of the molecule is CC(=O)N(C)CCN(C)c1cncc(Oc2cnc3[nH]ccc3c2)n1. The highest BCUT2D eigenvalue weighted by Crippen LogP contribution is 2.23. The maximum Gasteiger partial charge on any atom is 0.239 e. The van der Waals surface area contributed by atoms with Gasteiger partial charge in [-0.25, -0.2) is 4.98 Å². The third-order valence-electron chi connectivity index (χ3n) is 3.90. The number of pyridine rings is 1. The average Bonchev–Trinajstić information content (AvgIpc) is 3.07. The first-order chi connectivity index (χ1) is 12.0. The summed E-state index contributed by atoms with van der Waals surface area (Å²) >= 11 is 0. The Kier molecular flexibility index (Phi) is 4.78. The quantitative estimate of drug-likeness (QED) is 0.739. The third kappa shape index (κ3) is 4.03. The van der Waals surface area contributed by atoms with Gasteiger partial charge in [0.05, 0.1) is 18.6 Å². The van der Waals surface area contributed by atoms with E-state index in [-0.39, 0.29) is 5.91 Å². The van der Waals surface area contributed by atoms with Gasteiger partial charge in [0, 0.05) is 45.7 Å². The van der Waals surface area contributed by atoms with Crippen LogP contribution in [0.15, 0.2) is 36.9 Å². The number of aromatic amines is 1. The van der Waals surface area contributed by atoms with Crippen molar-refractivity contribution in [3.05, 3.63) is 36.9 Å². The lowest BCUT2D eigenvalue weighted by molar-refractivity contribution is -0.127. The molecule has 3 aromatic rings. The number of carbonyl (C=O) groups excluding carboxylic acids is 1. The third-order valence-corrected chi connectivity index (χ3v) is 3.90. The second kappa shape index (κ2) is 7.16. The van der Waals surface area contributed by atoms with Crippen LogP contribution in [0.2, 0.25) is 0 Å².